The Hall–Kier alpha value is -0.260. The van der Waals surface area contributed by atoms with Gasteiger partial charge in [0.05, 0.1) is 0 Å². The van der Waals surface area contributed by atoms with Gasteiger partial charge in [0, 0.05) is 0 Å². The molecule has 0 spiro atoms. The van der Waals surface area contributed by atoms with E-state index in [1.165, 1.54) is 6.42 Å². The molecule has 11 heavy (non-hydrogen) atoms. The standard InChI is InChI=1S/C11H22/c1-6-7-10(4)8-11(5)9(2)3/h6,9-11H,1,7-8H2,2-5H3. The van der Waals surface area contributed by atoms with Crippen LogP contribution in [0.1, 0.15) is 40.5 Å². The maximum absolute atomic E-state index is 3.75. The van der Waals surface area contributed by atoms with Gasteiger partial charge in [-0.05, 0) is 30.6 Å². The van der Waals surface area contributed by atoms with E-state index in [4.69, 9.17) is 0 Å². The highest BCUT2D eigenvalue weighted by Crippen LogP contribution is 2.21. The quantitative estimate of drug-likeness (QED) is 0.527. The molecule has 0 saturated heterocycles. The molecule has 0 saturated carbocycles. The zero-order valence-electron chi connectivity index (χ0n) is 8.43. The van der Waals surface area contributed by atoms with Crippen LogP contribution in [0.3, 0.4) is 0 Å². The fraction of sp³-hybridized carbons (Fsp3) is 0.818. The van der Waals surface area contributed by atoms with E-state index in [0.29, 0.717) is 0 Å². The van der Waals surface area contributed by atoms with Gasteiger partial charge >= 0.3 is 0 Å². The van der Waals surface area contributed by atoms with E-state index in [-0.39, 0.29) is 0 Å². The predicted octanol–water partition coefficient (Wildman–Crippen LogP) is 3.88. The fourth-order valence-electron chi connectivity index (χ4n) is 1.29. The Morgan fingerprint density at radius 1 is 1.18 bits per heavy atom. The van der Waals surface area contributed by atoms with Gasteiger partial charge in [0.15, 0.2) is 0 Å². The van der Waals surface area contributed by atoms with E-state index < -0.39 is 0 Å². The van der Waals surface area contributed by atoms with Gasteiger partial charge in [-0.25, -0.2) is 0 Å². The van der Waals surface area contributed by atoms with Gasteiger partial charge in [-0.3, -0.25) is 0 Å². The van der Waals surface area contributed by atoms with Gasteiger partial charge in [-0.15, -0.1) is 6.58 Å². The molecule has 0 aliphatic carbocycles. The summed E-state index contributed by atoms with van der Waals surface area (Å²) < 4.78 is 0. The van der Waals surface area contributed by atoms with Crippen LogP contribution in [0.25, 0.3) is 0 Å². The molecule has 0 aromatic carbocycles. The molecule has 2 unspecified atom stereocenters. The third kappa shape index (κ3) is 5.06. The molecule has 0 aromatic rings. The van der Waals surface area contributed by atoms with Crippen molar-refractivity contribution >= 4 is 0 Å². The highest BCUT2D eigenvalue weighted by molar-refractivity contribution is 4.72. The molecular formula is C11H22. The zero-order chi connectivity index (χ0) is 8.85. The lowest BCUT2D eigenvalue weighted by atomic mass is 9.87. The summed E-state index contributed by atoms with van der Waals surface area (Å²) in [6.45, 7) is 13.0. The first-order chi connectivity index (χ1) is 5.07. The van der Waals surface area contributed by atoms with Crippen LogP contribution in [-0.2, 0) is 0 Å². The summed E-state index contributed by atoms with van der Waals surface area (Å²) in [7, 11) is 0. The second kappa shape index (κ2) is 5.40. The van der Waals surface area contributed by atoms with Crippen LogP contribution in [0, 0.1) is 17.8 Å². The Labute approximate surface area is 71.7 Å². The second-order valence-corrected chi connectivity index (χ2v) is 4.09. The van der Waals surface area contributed by atoms with Gasteiger partial charge in [-0.2, -0.15) is 0 Å². The molecule has 0 aliphatic rings. The Bertz CT molecular complexity index is 103. The third-order valence-electron chi connectivity index (χ3n) is 2.48. The Balaban J connectivity index is 3.56. The van der Waals surface area contributed by atoms with E-state index >= 15 is 0 Å². The molecule has 0 heterocycles. The lowest BCUT2D eigenvalue weighted by Crippen LogP contribution is -2.08. The van der Waals surface area contributed by atoms with Crippen LogP contribution < -0.4 is 0 Å². The average Bonchev–Trinajstić information content (AvgIpc) is 1.87. The van der Waals surface area contributed by atoms with Crippen LogP contribution in [0.2, 0.25) is 0 Å². The molecule has 0 heteroatoms. The number of allylic oxidation sites excluding steroid dienone is 1. The number of rotatable bonds is 5. The second-order valence-electron chi connectivity index (χ2n) is 4.09. The van der Waals surface area contributed by atoms with Crippen molar-refractivity contribution in [3.63, 3.8) is 0 Å². The van der Waals surface area contributed by atoms with Crippen molar-refractivity contribution in [2.24, 2.45) is 17.8 Å². The van der Waals surface area contributed by atoms with Crippen molar-refractivity contribution < 1.29 is 0 Å². The molecule has 0 amide bonds. The van der Waals surface area contributed by atoms with Crippen LogP contribution in [0.5, 0.6) is 0 Å². The van der Waals surface area contributed by atoms with Crippen molar-refractivity contribution in [3.8, 4) is 0 Å². The summed E-state index contributed by atoms with van der Waals surface area (Å²) in [5.41, 5.74) is 0. The number of hydrogen-bond donors (Lipinski definition) is 0. The van der Waals surface area contributed by atoms with Crippen molar-refractivity contribution in [1.29, 1.82) is 0 Å². The monoisotopic (exact) mass is 154 g/mol. The van der Waals surface area contributed by atoms with Gasteiger partial charge in [-0.1, -0.05) is 33.8 Å². The lowest BCUT2D eigenvalue weighted by Gasteiger charge is -2.18. The Morgan fingerprint density at radius 2 is 1.73 bits per heavy atom. The summed E-state index contributed by atoms with van der Waals surface area (Å²) in [6.07, 6.45) is 4.53. The van der Waals surface area contributed by atoms with E-state index in [0.717, 1.165) is 24.2 Å². The molecular weight excluding hydrogens is 132 g/mol. The zero-order valence-corrected chi connectivity index (χ0v) is 8.43. The highest BCUT2D eigenvalue weighted by Gasteiger charge is 2.10. The van der Waals surface area contributed by atoms with Crippen molar-refractivity contribution in [2.45, 2.75) is 40.5 Å². The summed E-state index contributed by atoms with van der Waals surface area (Å²) in [6, 6.07) is 0. The average molecular weight is 154 g/mol. The summed E-state index contributed by atoms with van der Waals surface area (Å²) >= 11 is 0. The minimum atomic E-state index is 0.810. The molecule has 2 atom stereocenters. The van der Waals surface area contributed by atoms with E-state index in [9.17, 15) is 0 Å². The van der Waals surface area contributed by atoms with Gasteiger partial charge in [0.25, 0.3) is 0 Å². The first-order valence-electron chi connectivity index (χ1n) is 4.68. The fourth-order valence-corrected chi connectivity index (χ4v) is 1.29. The normalized spacial score (nSPS) is 16.5. The molecule has 66 valence electrons. The van der Waals surface area contributed by atoms with E-state index in [1.54, 1.807) is 0 Å². The SMILES string of the molecule is C=CCC(C)CC(C)C(C)C. The Kier molecular flexibility index (Phi) is 5.27. The maximum atomic E-state index is 3.75. The highest BCUT2D eigenvalue weighted by atomic mass is 14.2. The number of hydrogen-bond acceptors (Lipinski definition) is 0. The molecule has 0 N–H and O–H groups in total. The van der Waals surface area contributed by atoms with E-state index in [2.05, 4.69) is 34.3 Å². The first-order valence-corrected chi connectivity index (χ1v) is 4.68. The van der Waals surface area contributed by atoms with Gasteiger partial charge < -0.3 is 0 Å². The molecule has 0 aliphatic heterocycles. The molecule has 0 aromatic heterocycles. The Morgan fingerprint density at radius 3 is 2.09 bits per heavy atom. The smallest absolute Gasteiger partial charge is 0.0327 e. The topological polar surface area (TPSA) is 0 Å². The van der Waals surface area contributed by atoms with Crippen molar-refractivity contribution in [1.82, 2.24) is 0 Å². The maximum Gasteiger partial charge on any atom is -0.0327 e. The lowest BCUT2D eigenvalue weighted by molar-refractivity contribution is 0.333. The van der Waals surface area contributed by atoms with Crippen LogP contribution in [0.4, 0.5) is 0 Å². The van der Waals surface area contributed by atoms with Crippen molar-refractivity contribution in [3.05, 3.63) is 12.7 Å². The van der Waals surface area contributed by atoms with Crippen LogP contribution in [0.15, 0.2) is 12.7 Å². The minimum absolute atomic E-state index is 0.810. The van der Waals surface area contributed by atoms with E-state index in [1.807, 2.05) is 6.08 Å². The first kappa shape index (κ1) is 10.7. The summed E-state index contributed by atoms with van der Waals surface area (Å²) in [5, 5.41) is 0. The predicted molar refractivity (Wildman–Crippen MR) is 52.6 cm³/mol. The van der Waals surface area contributed by atoms with Gasteiger partial charge in [0.1, 0.15) is 0 Å². The molecule has 0 rings (SSSR count). The summed E-state index contributed by atoms with van der Waals surface area (Å²) in [5.74, 6) is 2.48. The minimum Gasteiger partial charge on any atom is -0.103 e. The molecule has 0 nitrogen and oxygen atoms in total. The largest absolute Gasteiger partial charge is 0.103 e. The van der Waals surface area contributed by atoms with Crippen LogP contribution in [-0.4, -0.2) is 0 Å². The van der Waals surface area contributed by atoms with Crippen molar-refractivity contribution in [2.75, 3.05) is 0 Å². The van der Waals surface area contributed by atoms with Crippen LogP contribution >= 0.6 is 0 Å². The third-order valence-corrected chi connectivity index (χ3v) is 2.48. The van der Waals surface area contributed by atoms with Gasteiger partial charge in [0.2, 0.25) is 0 Å². The summed E-state index contributed by atoms with van der Waals surface area (Å²) in [4.78, 5) is 0. The molecule has 0 bridgehead atoms. The molecule has 0 radical (unpaired) electrons. The molecule has 0 fully saturated rings.